The number of nitriles is 1. The van der Waals surface area contributed by atoms with Crippen molar-refractivity contribution in [2.45, 2.75) is 87.9 Å². The molecular formula is C50H46N4. The molecule has 1 heterocycles. The smallest absolute Gasteiger partial charge is 0.164 e. The monoisotopic (exact) mass is 702 g/mol. The molecule has 266 valence electrons. The second-order valence-electron chi connectivity index (χ2n) is 18.9. The van der Waals surface area contributed by atoms with Crippen molar-refractivity contribution in [3.05, 3.63) is 114 Å². The Hall–Kier alpha value is -4.88. The Labute approximate surface area is 318 Å². The van der Waals surface area contributed by atoms with E-state index in [4.69, 9.17) is 15.0 Å². The van der Waals surface area contributed by atoms with Gasteiger partial charge >= 0.3 is 0 Å². The van der Waals surface area contributed by atoms with Crippen LogP contribution >= 0.6 is 0 Å². The maximum Gasteiger partial charge on any atom is 0.164 e. The van der Waals surface area contributed by atoms with Crippen molar-refractivity contribution < 1.29 is 0 Å². The number of benzene rings is 5. The first-order valence-corrected chi connectivity index (χ1v) is 20.8. The highest BCUT2D eigenvalue weighted by molar-refractivity contribution is 6.08. The topological polar surface area (TPSA) is 62.5 Å². The Morgan fingerprint density at radius 1 is 0.426 bits per heavy atom. The van der Waals surface area contributed by atoms with Crippen LogP contribution in [0.5, 0.6) is 0 Å². The van der Waals surface area contributed by atoms with Crippen LogP contribution in [0.3, 0.4) is 0 Å². The lowest BCUT2D eigenvalue weighted by atomic mass is 9.48. The summed E-state index contributed by atoms with van der Waals surface area (Å²) < 4.78 is 0. The molecular weight excluding hydrogens is 657 g/mol. The van der Waals surface area contributed by atoms with Crippen molar-refractivity contribution >= 4 is 21.5 Å². The van der Waals surface area contributed by atoms with E-state index in [0.29, 0.717) is 22.2 Å². The summed E-state index contributed by atoms with van der Waals surface area (Å²) in [5.74, 6) is 7.72. The minimum atomic E-state index is 0.368. The Morgan fingerprint density at radius 2 is 0.796 bits per heavy atom. The molecule has 8 bridgehead atoms. The van der Waals surface area contributed by atoms with E-state index in [1.165, 1.54) is 88.2 Å². The van der Waals surface area contributed by atoms with Gasteiger partial charge < -0.3 is 0 Å². The van der Waals surface area contributed by atoms with Crippen LogP contribution in [0.25, 0.3) is 55.7 Å². The SMILES string of the molecule is N#Cc1ccc2c(ccc3cc(-c4nc(-c5ccc(C67CC8CC(CC(C8)C6)C7)cc5)nc(-c5ccc(C67CC8CC(CC(C8)C6)C7)cc5)n4)ccc32)c1. The zero-order valence-corrected chi connectivity index (χ0v) is 31.0. The minimum absolute atomic E-state index is 0.368. The van der Waals surface area contributed by atoms with E-state index in [2.05, 4.69) is 91.0 Å². The van der Waals surface area contributed by atoms with Gasteiger partial charge in [0.15, 0.2) is 17.5 Å². The summed E-state index contributed by atoms with van der Waals surface area (Å²) in [4.78, 5) is 15.6. The van der Waals surface area contributed by atoms with Gasteiger partial charge in [-0.15, -0.1) is 0 Å². The van der Waals surface area contributed by atoms with Crippen molar-refractivity contribution in [1.29, 1.82) is 5.26 Å². The van der Waals surface area contributed by atoms with Gasteiger partial charge in [0, 0.05) is 16.7 Å². The minimum Gasteiger partial charge on any atom is -0.208 e. The van der Waals surface area contributed by atoms with Crippen molar-refractivity contribution in [2.24, 2.45) is 35.5 Å². The molecule has 8 aliphatic carbocycles. The van der Waals surface area contributed by atoms with Crippen LogP contribution in [0, 0.1) is 46.8 Å². The fourth-order valence-corrected chi connectivity index (χ4v) is 13.9. The third-order valence-electron chi connectivity index (χ3n) is 15.4. The van der Waals surface area contributed by atoms with E-state index in [1.807, 2.05) is 12.1 Å². The number of hydrogen-bond acceptors (Lipinski definition) is 4. The van der Waals surface area contributed by atoms with Crippen LogP contribution in [0.2, 0.25) is 0 Å². The maximum atomic E-state index is 9.45. The summed E-state index contributed by atoms with van der Waals surface area (Å²) >= 11 is 0. The van der Waals surface area contributed by atoms with Crippen LogP contribution in [-0.2, 0) is 10.8 Å². The molecule has 8 saturated carbocycles. The summed E-state index contributed by atoms with van der Waals surface area (Å²) in [5, 5.41) is 14.0. The first kappa shape index (κ1) is 31.5. The van der Waals surface area contributed by atoms with Gasteiger partial charge in [-0.2, -0.15) is 5.26 Å². The largest absolute Gasteiger partial charge is 0.208 e. The van der Waals surface area contributed by atoms with Gasteiger partial charge in [-0.25, -0.2) is 15.0 Å². The number of aromatic nitrogens is 3. The van der Waals surface area contributed by atoms with Crippen LogP contribution in [0.15, 0.2) is 97.1 Å². The van der Waals surface area contributed by atoms with Gasteiger partial charge in [0.1, 0.15) is 0 Å². The molecule has 14 rings (SSSR count). The molecule has 0 N–H and O–H groups in total. The van der Waals surface area contributed by atoms with E-state index in [9.17, 15) is 5.26 Å². The summed E-state index contributed by atoms with van der Waals surface area (Å²) in [6.45, 7) is 0. The van der Waals surface area contributed by atoms with Crippen LogP contribution in [-0.4, -0.2) is 15.0 Å². The van der Waals surface area contributed by atoms with Crippen LogP contribution in [0.1, 0.15) is 93.7 Å². The Bertz CT molecular complexity index is 2350. The standard InChI is InChI=1S/C50H46N4/c51-29-30-1-13-44-39(21-30)2-3-40-22-41(8-14-45(40)44)48-53-46(37-4-9-42(10-5-37)49-23-31-15-32(24-49)17-33(16-31)25-49)52-47(54-48)38-6-11-43(12-7-38)50-26-34-18-35(27-50)20-36(19-34)28-50/h1-14,21-22,31-36H,15-20,23-28H2. The Balaban J connectivity index is 0.937. The van der Waals surface area contributed by atoms with Gasteiger partial charge in [-0.05, 0) is 174 Å². The molecule has 0 spiro atoms. The van der Waals surface area contributed by atoms with Crippen molar-refractivity contribution in [3.8, 4) is 40.2 Å². The fraction of sp³-hybridized carbons (Fsp3) is 0.400. The molecule has 0 saturated heterocycles. The van der Waals surface area contributed by atoms with Crippen LogP contribution < -0.4 is 0 Å². The maximum absolute atomic E-state index is 9.45. The average molecular weight is 703 g/mol. The van der Waals surface area contributed by atoms with E-state index >= 15 is 0 Å². The predicted octanol–water partition coefficient (Wildman–Crippen LogP) is 12.0. The normalized spacial score (nSPS) is 31.7. The average Bonchev–Trinajstić information content (AvgIpc) is 3.19. The number of nitrogens with zero attached hydrogens (tertiary/aromatic N) is 4. The number of rotatable bonds is 5. The quantitative estimate of drug-likeness (QED) is 0.168. The lowest BCUT2D eigenvalue weighted by molar-refractivity contribution is -0.00530. The van der Waals surface area contributed by atoms with Crippen molar-refractivity contribution in [3.63, 3.8) is 0 Å². The van der Waals surface area contributed by atoms with Gasteiger partial charge in [-0.1, -0.05) is 78.9 Å². The third-order valence-corrected chi connectivity index (χ3v) is 15.4. The highest BCUT2D eigenvalue weighted by Crippen LogP contribution is 2.62. The summed E-state index contributed by atoms with van der Waals surface area (Å²) in [7, 11) is 0. The molecule has 5 aromatic carbocycles. The van der Waals surface area contributed by atoms with E-state index in [1.54, 1.807) is 0 Å². The predicted molar refractivity (Wildman–Crippen MR) is 216 cm³/mol. The van der Waals surface area contributed by atoms with Crippen molar-refractivity contribution in [2.75, 3.05) is 0 Å². The van der Waals surface area contributed by atoms with Gasteiger partial charge in [-0.3, -0.25) is 0 Å². The van der Waals surface area contributed by atoms with E-state index < -0.39 is 0 Å². The summed E-state index contributed by atoms with van der Waals surface area (Å²) in [6, 6.07) is 37.8. The van der Waals surface area contributed by atoms with Crippen molar-refractivity contribution in [1.82, 2.24) is 15.0 Å². The van der Waals surface area contributed by atoms with E-state index in [0.717, 1.165) is 85.4 Å². The second-order valence-corrected chi connectivity index (χ2v) is 18.9. The molecule has 1 aromatic heterocycles. The third kappa shape index (κ3) is 4.96. The Morgan fingerprint density at radius 3 is 1.22 bits per heavy atom. The molecule has 4 heteroatoms. The molecule has 4 nitrogen and oxygen atoms in total. The molecule has 54 heavy (non-hydrogen) atoms. The molecule has 6 aromatic rings. The zero-order chi connectivity index (χ0) is 35.6. The first-order valence-electron chi connectivity index (χ1n) is 20.8. The first-order chi connectivity index (χ1) is 26.5. The van der Waals surface area contributed by atoms with E-state index in [-0.39, 0.29) is 0 Å². The number of hydrogen-bond donors (Lipinski definition) is 0. The van der Waals surface area contributed by atoms with Crippen LogP contribution in [0.4, 0.5) is 0 Å². The number of fused-ring (bicyclic) bond motifs is 3. The molecule has 8 aliphatic rings. The highest BCUT2D eigenvalue weighted by Gasteiger charge is 2.52. The summed E-state index contributed by atoms with van der Waals surface area (Å²) in [6.07, 6.45) is 17.0. The molecule has 0 unspecified atom stereocenters. The lowest BCUT2D eigenvalue weighted by Crippen LogP contribution is -2.48. The molecule has 0 aliphatic heterocycles. The summed E-state index contributed by atoms with van der Waals surface area (Å²) in [5.41, 5.74) is 7.57. The molecule has 0 amide bonds. The van der Waals surface area contributed by atoms with Gasteiger partial charge in [0.25, 0.3) is 0 Å². The second kappa shape index (κ2) is 11.6. The Kier molecular flexibility index (Phi) is 6.74. The highest BCUT2D eigenvalue weighted by atomic mass is 15.0. The van der Waals surface area contributed by atoms with Gasteiger partial charge in [0.05, 0.1) is 11.6 Å². The molecule has 0 atom stereocenters. The van der Waals surface area contributed by atoms with Gasteiger partial charge in [0.2, 0.25) is 0 Å². The molecule has 8 fully saturated rings. The lowest BCUT2D eigenvalue weighted by Gasteiger charge is -2.57. The zero-order valence-electron chi connectivity index (χ0n) is 31.0. The molecule has 0 radical (unpaired) electrons. The fourth-order valence-electron chi connectivity index (χ4n) is 13.9.